The molecule has 1 aliphatic carbocycles. The number of carbonyl (C=O) groups is 1. The van der Waals surface area contributed by atoms with Crippen molar-refractivity contribution in [3.63, 3.8) is 0 Å². The highest BCUT2D eigenvalue weighted by Crippen LogP contribution is 2.28. The van der Waals surface area contributed by atoms with Gasteiger partial charge >= 0.3 is 5.97 Å². The monoisotopic (exact) mass is 351 g/mol. The van der Waals surface area contributed by atoms with Crippen molar-refractivity contribution in [2.75, 3.05) is 27.4 Å². The first kappa shape index (κ1) is 19.5. The maximum Gasteiger partial charge on any atom is 0.337 e. The molecule has 1 saturated carbocycles. The Balaban J connectivity index is 1.84. The molecule has 1 fully saturated rings. The summed E-state index contributed by atoms with van der Waals surface area (Å²) < 4.78 is 15.6. The van der Waals surface area contributed by atoms with E-state index in [0.29, 0.717) is 35.6 Å². The van der Waals surface area contributed by atoms with E-state index < -0.39 is 12.1 Å². The van der Waals surface area contributed by atoms with Crippen LogP contribution in [-0.4, -0.2) is 50.6 Å². The summed E-state index contributed by atoms with van der Waals surface area (Å²) in [6, 6.07) is 5.29. The number of hydrogen-bond donors (Lipinski definition) is 2. The topological polar surface area (TPSA) is 77.0 Å². The molecule has 1 aliphatic rings. The van der Waals surface area contributed by atoms with Crippen molar-refractivity contribution in [2.24, 2.45) is 5.92 Å². The Labute approximate surface area is 149 Å². The van der Waals surface area contributed by atoms with Crippen LogP contribution in [0.3, 0.4) is 0 Å². The van der Waals surface area contributed by atoms with Gasteiger partial charge in [0.25, 0.3) is 0 Å². The van der Waals surface area contributed by atoms with Crippen LogP contribution in [0.1, 0.15) is 43.0 Å². The van der Waals surface area contributed by atoms with Crippen LogP contribution in [0.2, 0.25) is 0 Å². The van der Waals surface area contributed by atoms with Crippen LogP contribution >= 0.6 is 0 Å². The van der Waals surface area contributed by atoms with Crippen LogP contribution in [0.5, 0.6) is 11.5 Å². The number of ether oxygens (including phenoxy) is 3. The van der Waals surface area contributed by atoms with Gasteiger partial charge in [0.05, 0.1) is 19.8 Å². The lowest BCUT2D eigenvalue weighted by Crippen LogP contribution is -2.42. The van der Waals surface area contributed by atoms with E-state index in [1.165, 1.54) is 33.5 Å². The summed E-state index contributed by atoms with van der Waals surface area (Å²) in [7, 11) is 2.83. The molecular weight excluding hydrogens is 322 g/mol. The number of nitrogens with one attached hydrogen (secondary N) is 1. The van der Waals surface area contributed by atoms with E-state index in [9.17, 15) is 9.90 Å². The Morgan fingerprint density at radius 2 is 2.04 bits per heavy atom. The number of rotatable bonds is 8. The molecule has 0 saturated heterocycles. The highest BCUT2D eigenvalue weighted by atomic mass is 16.5. The minimum absolute atomic E-state index is 0.155. The van der Waals surface area contributed by atoms with Crippen molar-refractivity contribution in [2.45, 2.75) is 44.8 Å². The second-order valence-corrected chi connectivity index (χ2v) is 6.60. The third-order valence-corrected chi connectivity index (χ3v) is 4.74. The zero-order chi connectivity index (χ0) is 18.2. The highest BCUT2D eigenvalue weighted by Gasteiger charge is 2.21. The van der Waals surface area contributed by atoms with E-state index in [-0.39, 0.29) is 6.61 Å². The van der Waals surface area contributed by atoms with Gasteiger partial charge in [0.1, 0.15) is 12.7 Å². The maximum absolute atomic E-state index is 11.6. The number of hydrogen-bond acceptors (Lipinski definition) is 6. The lowest BCUT2D eigenvalue weighted by Gasteiger charge is -2.30. The van der Waals surface area contributed by atoms with Crippen molar-refractivity contribution in [3.05, 3.63) is 23.8 Å². The smallest absolute Gasteiger partial charge is 0.337 e. The molecule has 0 spiro atoms. The van der Waals surface area contributed by atoms with Crippen molar-refractivity contribution in [1.29, 1.82) is 0 Å². The SMILES string of the molecule is COC(=O)c1ccc(OC[C@H](O)CN[C@H]2CCCC[C@@H]2C)c(OC)c1. The van der Waals surface area contributed by atoms with Crippen LogP contribution in [0.4, 0.5) is 0 Å². The molecule has 1 aromatic rings. The van der Waals surface area contributed by atoms with E-state index in [1.807, 2.05) is 0 Å². The zero-order valence-corrected chi connectivity index (χ0v) is 15.3. The van der Waals surface area contributed by atoms with Gasteiger partial charge in [-0.1, -0.05) is 19.8 Å². The summed E-state index contributed by atoms with van der Waals surface area (Å²) in [5, 5.41) is 13.6. The fourth-order valence-corrected chi connectivity index (χ4v) is 3.18. The third-order valence-electron chi connectivity index (χ3n) is 4.74. The number of aliphatic hydroxyl groups is 1. The molecule has 0 aliphatic heterocycles. The van der Waals surface area contributed by atoms with Gasteiger partial charge in [-0.15, -0.1) is 0 Å². The average Bonchev–Trinajstić information content (AvgIpc) is 2.64. The lowest BCUT2D eigenvalue weighted by molar-refractivity contribution is 0.0600. The van der Waals surface area contributed by atoms with Crippen molar-refractivity contribution < 1.29 is 24.1 Å². The molecule has 0 bridgehead atoms. The second kappa shape index (κ2) is 9.63. The van der Waals surface area contributed by atoms with Crippen molar-refractivity contribution in [3.8, 4) is 11.5 Å². The molecule has 0 unspecified atom stereocenters. The van der Waals surface area contributed by atoms with E-state index in [1.54, 1.807) is 18.2 Å². The fourth-order valence-electron chi connectivity index (χ4n) is 3.18. The largest absolute Gasteiger partial charge is 0.493 e. The molecule has 0 heterocycles. The van der Waals surface area contributed by atoms with Gasteiger partial charge in [-0.25, -0.2) is 4.79 Å². The third kappa shape index (κ3) is 5.61. The molecule has 2 rings (SSSR count). The van der Waals surface area contributed by atoms with Crippen LogP contribution in [0.15, 0.2) is 18.2 Å². The van der Waals surface area contributed by atoms with Gasteiger partial charge in [0, 0.05) is 12.6 Å². The average molecular weight is 351 g/mol. The Hall–Kier alpha value is -1.79. The summed E-state index contributed by atoms with van der Waals surface area (Å²) >= 11 is 0. The number of esters is 1. The van der Waals surface area contributed by atoms with E-state index in [0.717, 1.165) is 6.42 Å². The molecule has 25 heavy (non-hydrogen) atoms. The number of benzene rings is 1. The summed E-state index contributed by atoms with van der Waals surface area (Å²) in [4.78, 5) is 11.6. The molecule has 0 amide bonds. The number of methoxy groups -OCH3 is 2. The van der Waals surface area contributed by atoms with E-state index >= 15 is 0 Å². The van der Waals surface area contributed by atoms with E-state index in [2.05, 4.69) is 17.0 Å². The highest BCUT2D eigenvalue weighted by molar-refractivity contribution is 5.90. The molecule has 1 aromatic carbocycles. The van der Waals surface area contributed by atoms with Gasteiger partial charge in [-0.3, -0.25) is 0 Å². The first-order valence-corrected chi connectivity index (χ1v) is 8.85. The van der Waals surface area contributed by atoms with Crippen LogP contribution in [0.25, 0.3) is 0 Å². The lowest BCUT2D eigenvalue weighted by atomic mass is 9.86. The molecule has 6 nitrogen and oxygen atoms in total. The molecule has 0 radical (unpaired) electrons. The molecule has 0 aromatic heterocycles. The molecule has 3 atom stereocenters. The van der Waals surface area contributed by atoms with Crippen molar-refractivity contribution >= 4 is 5.97 Å². The molecule has 2 N–H and O–H groups in total. The predicted molar refractivity (Wildman–Crippen MR) is 95.3 cm³/mol. The first-order valence-electron chi connectivity index (χ1n) is 8.85. The number of carbonyl (C=O) groups excluding carboxylic acids is 1. The van der Waals surface area contributed by atoms with Gasteiger partial charge in [-0.05, 0) is 37.0 Å². The zero-order valence-electron chi connectivity index (χ0n) is 15.3. The van der Waals surface area contributed by atoms with Gasteiger partial charge in [-0.2, -0.15) is 0 Å². The second-order valence-electron chi connectivity index (χ2n) is 6.60. The standard InChI is InChI=1S/C19H29NO5/c1-13-6-4-5-7-16(13)20-11-15(21)12-25-17-9-8-14(19(22)24-3)10-18(17)23-2/h8-10,13,15-16,20-21H,4-7,11-12H2,1-3H3/t13-,15+,16-/m0/s1. The fraction of sp³-hybridized carbons (Fsp3) is 0.632. The summed E-state index contributed by atoms with van der Waals surface area (Å²) in [6.07, 6.45) is 4.34. The van der Waals surface area contributed by atoms with Crippen LogP contribution < -0.4 is 14.8 Å². The Kier molecular flexibility index (Phi) is 7.52. The van der Waals surface area contributed by atoms with Gasteiger partial charge in [0.15, 0.2) is 11.5 Å². The Bertz CT molecular complexity index is 563. The van der Waals surface area contributed by atoms with Crippen molar-refractivity contribution in [1.82, 2.24) is 5.32 Å². The maximum atomic E-state index is 11.6. The molecular formula is C19H29NO5. The molecule has 140 valence electrons. The van der Waals surface area contributed by atoms with Crippen LogP contribution in [-0.2, 0) is 4.74 Å². The Morgan fingerprint density at radius 3 is 2.72 bits per heavy atom. The summed E-state index contributed by atoms with van der Waals surface area (Å²) in [5.41, 5.74) is 0.389. The minimum Gasteiger partial charge on any atom is -0.493 e. The quantitative estimate of drug-likeness (QED) is 0.701. The summed E-state index contributed by atoms with van der Waals surface area (Å²) in [6.45, 7) is 2.91. The Morgan fingerprint density at radius 1 is 1.28 bits per heavy atom. The van der Waals surface area contributed by atoms with Crippen LogP contribution in [0, 0.1) is 5.92 Å². The normalized spacial score (nSPS) is 21.4. The first-order chi connectivity index (χ1) is 12.0. The van der Waals surface area contributed by atoms with Gasteiger partial charge in [0.2, 0.25) is 0 Å². The predicted octanol–water partition coefficient (Wildman–Crippen LogP) is 2.39. The minimum atomic E-state index is -0.612. The molecule has 6 heteroatoms. The van der Waals surface area contributed by atoms with E-state index in [4.69, 9.17) is 9.47 Å². The van der Waals surface area contributed by atoms with Gasteiger partial charge < -0.3 is 24.6 Å². The summed E-state index contributed by atoms with van der Waals surface area (Å²) in [5.74, 6) is 1.13. The number of aliphatic hydroxyl groups excluding tert-OH is 1.